The summed E-state index contributed by atoms with van der Waals surface area (Å²) in [5.74, 6) is 0.529. The van der Waals surface area contributed by atoms with Gasteiger partial charge in [0.05, 0.1) is 19.4 Å². The van der Waals surface area contributed by atoms with Crippen molar-refractivity contribution in [2.75, 3.05) is 32.1 Å². The molecule has 3 aliphatic heterocycles. The number of nitrogens with one attached hydrogen (secondary N) is 3. The predicted molar refractivity (Wildman–Crippen MR) is 104 cm³/mol. The molecule has 0 amide bonds. The summed E-state index contributed by atoms with van der Waals surface area (Å²) in [5, 5.41) is 18.7. The molecule has 7 heteroatoms. The molecular weight excluding hydrogens is 344 g/mol. The van der Waals surface area contributed by atoms with Crippen molar-refractivity contribution in [3.05, 3.63) is 46.9 Å². The van der Waals surface area contributed by atoms with Crippen molar-refractivity contribution in [1.82, 2.24) is 15.9 Å². The van der Waals surface area contributed by atoms with E-state index in [0.29, 0.717) is 25.1 Å². The molecule has 0 aromatic heterocycles. The molecule has 1 aromatic carbocycles. The lowest BCUT2D eigenvalue weighted by Gasteiger charge is -2.30. The van der Waals surface area contributed by atoms with Crippen LogP contribution in [0.4, 0.5) is 5.69 Å². The number of hydrogen-bond donors (Lipinski definition) is 4. The van der Waals surface area contributed by atoms with Crippen LogP contribution < -0.4 is 16.1 Å². The summed E-state index contributed by atoms with van der Waals surface area (Å²) in [6, 6.07) is 6.73. The third kappa shape index (κ3) is 4.05. The molecule has 1 aromatic rings. The first-order valence-corrected chi connectivity index (χ1v) is 9.67. The molecule has 0 bridgehead atoms. The molecule has 0 unspecified atom stereocenters. The lowest BCUT2D eigenvalue weighted by atomic mass is 9.97. The Balaban J connectivity index is 1.67. The van der Waals surface area contributed by atoms with Crippen LogP contribution in [0.25, 0.3) is 5.70 Å². The van der Waals surface area contributed by atoms with Gasteiger partial charge in [0.1, 0.15) is 0 Å². The molecule has 3 aliphatic rings. The fraction of sp³-hybridized carbons (Fsp3) is 0.500. The second-order valence-corrected chi connectivity index (χ2v) is 7.23. The summed E-state index contributed by atoms with van der Waals surface area (Å²) in [4.78, 5) is 0. The second kappa shape index (κ2) is 8.21. The highest BCUT2D eigenvalue weighted by Gasteiger charge is 2.25. The number of rotatable bonds is 3. The van der Waals surface area contributed by atoms with Gasteiger partial charge in [-0.15, -0.1) is 0 Å². The van der Waals surface area contributed by atoms with Crippen molar-refractivity contribution in [2.45, 2.75) is 38.3 Å². The number of allylic oxidation sites excluding steroid dienone is 2. The molecule has 4 N–H and O–H groups in total. The van der Waals surface area contributed by atoms with Gasteiger partial charge in [0.25, 0.3) is 0 Å². The monoisotopic (exact) mass is 372 g/mol. The highest BCUT2D eigenvalue weighted by atomic mass is 16.6. The van der Waals surface area contributed by atoms with E-state index in [1.165, 1.54) is 12.8 Å². The van der Waals surface area contributed by atoms with E-state index < -0.39 is 0 Å². The van der Waals surface area contributed by atoms with Crippen molar-refractivity contribution in [1.29, 1.82) is 0 Å². The Hall–Kier alpha value is -2.22. The van der Waals surface area contributed by atoms with Crippen LogP contribution in [0.3, 0.4) is 0 Å². The average Bonchev–Trinajstić information content (AvgIpc) is 2.77. The summed E-state index contributed by atoms with van der Waals surface area (Å²) in [5.41, 5.74) is 7.79. The summed E-state index contributed by atoms with van der Waals surface area (Å²) >= 11 is 0. The number of nitrogens with zero attached hydrogens (tertiary/aromatic N) is 1. The van der Waals surface area contributed by atoms with E-state index in [2.05, 4.69) is 34.3 Å². The molecule has 4 rings (SSSR count). The third-order valence-corrected chi connectivity index (χ3v) is 5.28. The average molecular weight is 372 g/mol. The largest absolute Gasteiger partial charge is 0.481 e. The second-order valence-electron chi connectivity index (χ2n) is 7.23. The Morgan fingerprint density at radius 2 is 2.26 bits per heavy atom. The number of ether oxygens (including phenoxy) is 2. The normalized spacial score (nSPS) is 23.1. The van der Waals surface area contributed by atoms with Gasteiger partial charge in [-0.25, -0.2) is 5.43 Å². The van der Waals surface area contributed by atoms with E-state index in [1.54, 1.807) is 7.11 Å². The number of anilines is 1. The van der Waals surface area contributed by atoms with Crippen LogP contribution in [-0.4, -0.2) is 43.2 Å². The summed E-state index contributed by atoms with van der Waals surface area (Å²) in [6.07, 6.45) is 6.04. The minimum atomic E-state index is 0.446. The van der Waals surface area contributed by atoms with Crippen molar-refractivity contribution < 1.29 is 14.7 Å². The minimum Gasteiger partial charge on any atom is -0.481 e. The molecule has 27 heavy (non-hydrogen) atoms. The van der Waals surface area contributed by atoms with Crippen molar-refractivity contribution in [3.8, 4) is 0 Å². The Morgan fingerprint density at radius 1 is 1.33 bits per heavy atom. The highest BCUT2D eigenvalue weighted by molar-refractivity contribution is 5.73. The molecule has 1 fully saturated rings. The predicted octanol–water partition coefficient (Wildman–Crippen LogP) is 2.57. The first-order chi connectivity index (χ1) is 13.2. The van der Waals surface area contributed by atoms with E-state index in [-0.39, 0.29) is 0 Å². The van der Waals surface area contributed by atoms with Gasteiger partial charge in [0, 0.05) is 36.5 Å². The maximum Gasteiger partial charge on any atom is 0.207 e. The van der Waals surface area contributed by atoms with Crippen LogP contribution in [0, 0.1) is 0 Å². The fourth-order valence-electron chi connectivity index (χ4n) is 3.93. The molecule has 0 aliphatic carbocycles. The van der Waals surface area contributed by atoms with Gasteiger partial charge in [-0.05, 0) is 55.5 Å². The summed E-state index contributed by atoms with van der Waals surface area (Å²) in [7, 11) is 1.59. The van der Waals surface area contributed by atoms with Crippen LogP contribution in [-0.2, 0) is 16.1 Å². The van der Waals surface area contributed by atoms with Crippen molar-refractivity contribution in [2.24, 2.45) is 0 Å². The van der Waals surface area contributed by atoms with Crippen LogP contribution in [0.1, 0.15) is 36.8 Å². The maximum absolute atomic E-state index is 10.6. The molecule has 146 valence electrons. The zero-order valence-electron chi connectivity index (χ0n) is 15.8. The van der Waals surface area contributed by atoms with Gasteiger partial charge in [0.2, 0.25) is 5.88 Å². The maximum atomic E-state index is 10.6. The van der Waals surface area contributed by atoms with E-state index in [9.17, 15) is 5.21 Å². The van der Waals surface area contributed by atoms with E-state index >= 15 is 0 Å². The smallest absolute Gasteiger partial charge is 0.207 e. The lowest BCUT2D eigenvalue weighted by molar-refractivity contribution is -0.0814. The molecule has 3 heterocycles. The summed E-state index contributed by atoms with van der Waals surface area (Å²) < 4.78 is 11.2. The molecule has 1 atom stereocenters. The number of hydrazine groups is 1. The van der Waals surface area contributed by atoms with Gasteiger partial charge in [-0.2, -0.15) is 5.17 Å². The Morgan fingerprint density at radius 3 is 3.07 bits per heavy atom. The minimum absolute atomic E-state index is 0.446. The number of piperidine rings is 1. The number of hydrogen-bond acceptors (Lipinski definition) is 7. The zero-order valence-corrected chi connectivity index (χ0v) is 15.8. The zero-order chi connectivity index (χ0) is 18.6. The van der Waals surface area contributed by atoms with Gasteiger partial charge in [-0.3, -0.25) is 5.21 Å². The molecule has 0 saturated carbocycles. The van der Waals surface area contributed by atoms with Crippen LogP contribution in [0.2, 0.25) is 0 Å². The third-order valence-electron chi connectivity index (χ3n) is 5.28. The highest BCUT2D eigenvalue weighted by Crippen LogP contribution is 2.33. The van der Waals surface area contributed by atoms with Gasteiger partial charge in [-0.1, -0.05) is 6.07 Å². The molecule has 0 radical (unpaired) electrons. The van der Waals surface area contributed by atoms with Gasteiger partial charge < -0.3 is 20.1 Å². The van der Waals surface area contributed by atoms with Crippen LogP contribution in [0.5, 0.6) is 0 Å². The van der Waals surface area contributed by atoms with Crippen molar-refractivity contribution >= 4 is 11.4 Å². The Labute approximate surface area is 159 Å². The van der Waals surface area contributed by atoms with Crippen molar-refractivity contribution in [3.63, 3.8) is 0 Å². The van der Waals surface area contributed by atoms with Crippen LogP contribution in [0.15, 0.2) is 35.7 Å². The van der Waals surface area contributed by atoms with E-state index in [4.69, 9.17) is 9.47 Å². The Kier molecular flexibility index (Phi) is 5.52. The number of methoxy groups -OCH3 is 1. The Bertz CT molecular complexity index is 741. The van der Waals surface area contributed by atoms with Gasteiger partial charge >= 0.3 is 0 Å². The number of fused-ring (bicyclic) bond motifs is 2. The standard InChI is InChI=1S/C20H28N4O3/c1-26-19-11-14-4-3-9-27-13-15-10-16(22-17-5-2-8-21-12-17)6-7-18(15)20(14)24(25)23-19/h6-7,10-11,17,21-23,25H,2-5,8-9,12-13H2,1H3/t17-/m1/s1. The quantitative estimate of drug-likeness (QED) is 0.650. The van der Waals surface area contributed by atoms with E-state index in [1.807, 2.05) is 6.08 Å². The first-order valence-electron chi connectivity index (χ1n) is 9.67. The fourth-order valence-corrected chi connectivity index (χ4v) is 3.93. The first kappa shape index (κ1) is 18.2. The SMILES string of the molecule is COC1=CC2=C(c3ccc(N[C@@H]4CCCNC4)cc3COCCC2)N(O)N1. The van der Waals surface area contributed by atoms with E-state index in [0.717, 1.165) is 59.2 Å². The molecule has 0 spiro atoms. The number of benzene rings is 1. The molecule has 7 nitrogen and oxygen atoms in total. The van der Waals surface area contributed by atoms with Gasteiger partial charge in [0.15, 0.2) is 0 Å². The lowest BCUT2D eigenvalue weighted by Crippen LogP contribution is -2.38. The van der Waals surface area contributed by atoms with Crippen LogP contribution >= 0.6 is 0 Å². The number of hydroxylamine groups is 1. The molecule has 1 saturated heterocycles. The topological polar surface area (TPSA) is 78.0 Å². The summed E-state index contributed by atoms with van der Waals surface area (Å²) in [6.45, 7) is 3.31. The molecular formula is C20H28N4O3.